The van der Waals surface area contributed by atoms with E-state index in [1.165, 1.54) is 79.3 Å². The third kappa shape index (κ3) is 8.69. The maximum Gasteiger partial charge on any atom is -1.00 e. The molecule has 2 aliphatic rings. The molecule has 1 unspecified atom stereocenters. The van der Waals surface area contributed by atoms with Gasteiger partial charge in [0.1, 0.15) is 0 Å². The quantitative estimate of drug-likeness (QED) is 0.405. The SMILES string of the molecule is O=C([NH][Ti+2]([CH]1C=Cc2ccccc21)[SiH](c1ccccc1)c1ccccc1)C1CCCCCCCCCCC1.[Cl-].[Cl-]. The second-order valence-corrected chi connectivity index (χ2v) is 21.4. The smallest absolute Gasteiger partial charge is 1.00 e. The minimum Gasteiger partial charge on any atom is -1.00 e. The van der Waals surface area contributed by atoms with E-state index in [4.69, 9.17) is 0 Å². The van der Waals surface area contributed by atoms with Crippen molar-refractivity contribution in [3.05, 3.63) is 102 Å². The molecule has 2 nitrogen and oxygen atoms in total. The number of allylic oxidation sites excluding steroid dienone is 1. The summed E-state index contributed by atoms with van der Waals surface area (Å²) in [5, 5.41) is 2.93. The third-order valence-electron chi connectivity index (χ3n) is 8.45. The Labute approximate surface area is 261 Å². The van der Waals surface area contributed by atoms with E-state index in [0.717, 1.165) is 12.8 Å². The largest absolute Gasteiger partial charge is 1.00 e. The molecule has 1 amide bonds. The van der Waals surface area contributed by atoms with Crippen molar-refractivity contribution in [2.45, 2.75) is 74.9 Å². The van der Waals surface area contributed by atoms with Gasteiger partial charge in [0, 0.05) is 0 Å². The second-order valence-electron chi connectivity index (χ2n) is 11.1. The fourth-order valence-electron chi connectivity index (χ4n) is 6.36. The molecule has 1 fully saturated rings. The molecule has 1 N–H and O–H groups in total. The molecule has 5 rings (SSSR count). The number of fused-ring (bicyclic) bond motifs is 1. The Morgan fingerprint density at radius 3 is 1.68 bits per heavy atom. The van der Waals surface area contributed by atoms with E-state index in [-0.39, 0.29) is 30.7 Å². The Kier molecular flexibility index (Phi) is 14.3. The summed E-state index contributed by atoms with van der Waals surface area (Å²) in [7, 11) is 0. The monoisotopic (exact) mass is 626 g/mol. The normalized spacial score (nSPS) is 17.9. The summed E-state index contributed by atoms with van der Waals surface area (Å²) in [6, 6.07) is 31.1. The van der Waals surface area contributed by atoms with Gasteiger partial charge >= 0.3 is 238 Å². The van der Waals surface area contributed by atoms with Crippen molar-refractivity contribution in [3.8, 4) is 0 Å². The fourth-order valence-corrected chi connectivity index (χ4v) is 20.9. The number of hydrogen-bond acceptors (Lipinski definition) is 1. The first kappa shape index (κ1) is 32.9. The summed E-state index contributed by atoms with van der Waals surface area (Å²) in [5.41, 5.74) is 2.75. The van der Waals surface area contributed by atoms with E-state index in [0.29, 0.717) is 10.1 Å². The van der Waals surface area contributed by atoms with Gasteiger partial charge in [0.2, 0.25) is 0 Å². The van der Waals surface area contributed by atoms with Crippen LogP contribution in [-0.4, -0.2) is 12.6 Å². The van der Waals surface area contributed by atoms with E-state index in [1.54, 1.807) is 0 Å². The molecule has 0 aliphatic heterocycles. The maximum atomic E-state index is 14.2. The zero-order valence-corrected chi connectivity index (χ0v) is 27.6. The van der Waals surface area contributed by atoms with Crippen LogP contribution in [-0.2, 0) is 22.2 Å². The van der Waals surface area contributed by atoms with E-state index in [2.05, 4.69) is 101 Å². The maximum absolute atomic E-state index is 14.2. The standard InChI is InChI=1S/C13H25NO.C12H11Si.C9H7.2ClH.Ti/c14-13(15)12-10-8-6-4-2-1-3-5-7-9-11-12;1-3-7-11(8-4-1)13-12-9-5-2-6-10-12;1-2-5-9-7-3-6-8(9)4-1;;;/h12H,1-11H2,(H2,14,15);1-10,13H;1-7H;2*1H;/q;;;;;+3/p-3. The molecule has 40 heavy (non-hydrogen) atoms. The number of halogens is 2. The van der Waals surface area contributed by atoms with Gasteiger partial charge in [-0.15, -0.1) is 0 Å². The summed E-state index contributed by atoms with van der Waals surface area (Å²) in [6.07, 6.45) is 18.5. The average molecular weight is 628 g/mol. The van der Waals surface area contributed by atoms with Crippen LogP contribution in [0.15, 0.2) is 91.0 Å². The van der Waals surface area contributed by atoms with Crippen molar-refractivity contribution in [3.63, 3.8) is 0 Å². The van der Waals surface area contributed by atoms with Gasteiger partial charge in [0.05, 0.1) is 0 Å². The Morgan fingerprint density at radius 1 is 0.650 bits per heavy atom. The van der Waals surface area contributed by atoms with Crippen LogP contribution in [0.25, 0.3) is 6.08 Å². The van der Waals surface area contributed by atoms with Crippen LogP contribution in [0.4, 0.5) is 0 Å². The zero-order valence-electron chi connectivity index (χ0n) is 23.4. The Bertz CT molecular complexity index is 1140. The van der Waals surface area contributed by atoms with E-state index in [9.17, 15) is 4.79 Å². The molecular weight excluding hydrogens is 585 g/mol. The molecule has 0 bridgehead atoms. The van der Waals surface area contributed by atoms with Gasteiger partial charge in [-0.25, -0.2) is 0 Å². The molecule has 0 heterocycles. The van der Waals surface area contributed by atoms with Gasteiger partial charge < -0.3 is 24.8 Å². The van der Waals surface area contributed by atoms with Gasteiger partial charge in [-0.05, 0) is 0 Å². The third-order valence-corrected chi connectivity index (χ3v) is 22.0. The van der Waals surface area contributed by atoms with Crippen molar-refractivity contribution in [1.82, 2.24) is 3.80 Å². The molecule has 0 radical (unpaired) electrons. The molecule has 1 atom stereocenters. The molecule has 211 valence electrons. The summed E-state index contributed by atoms with van der Waals surface area (Å²) < 4.78 is 4.28. The predicted molar refractivity (Wildman–Crippen MR) is 160 cm³/mol. The predicted octanol–water partition coefficient (Wildman–Crippen LogP) is 0.871. The van der Waals surface area contributed by atoms with Crippen molar-refractivity contribution >= 4 is 29.0 Å². The van der Waals surface area contributed by atoms with Crippen LogP contribution in [0.2, 0.25) is 0 Å². The summed E-state index contributed by atoms with van der Waals surface area (Å²) in [5.74, 6) is 0.526. The fraction of sp³-hybridized carbons (Fsp3) is 0.382. The second kappa shape index (κ2) is 17.4. The van der Waals surface area contributed by atoms with E-state index in [1.807, 2.05) is 0 Å². The molecule has 3 aromatic rings. The summed E-state index contributed by atoms with van der Waals surface area (Å²) in [4.78, 5) is 14.2. The van der Waals surface area contributed by atoms with E-state index < -0.39 is 24.0 Å². The van der Waals surface area contributed by atoms with Crippen LogP contribution in [0.1, 0.15) is 86.0 Å². The van der Waals surface area contributed by atoms with Crippen molar-refractivity contribution in [2.24, 2.45) is 5.92 Å². The number of rotatable bonds is 6. The van der Waals surface area contributed by atoms with Gasteiger partial charge in [-0.3, -0.25) is 0 Å². The average Bonchev–Trinajstić information content (AvgIpc) is 3.38. The molecule has 1 saturated carbocycles. The Balaban J connectivity index is 0.00000220. The van der Waals surface area contributed by atoms with Crippen molar-refractivity contribution in [2.75, 3.05) is 0 Å². The van der Waals surface area contributed by atoms with Crippen LogP contribution >= 0.6 is 0 Å². The van der Waals surface area contributed by atoms with Crippen LogP contribution in [0, 0.1) is 5.92 Å². The van der Waals surface area contributed by atoms with Crippen molar-refractivity contribution < 1.29 is 47.0 Å². The molecule has 0 aromatic heterocycles. The topological polar surface area (TPSA) is 29.1 Å². The van der Waals surface area contributed by atoms with Gasteiger partial charge in [-0.2, -0.15) is 0 Å². The van der Waals surface area contributed by atoms with Gasteiger partial charge in [0.25, 0.3) is 0 Å². The van der Waals surface area contributed by atoms with Crippen LogP contribution < -0.4 is 39.0 Å². The minimum absolute atomic E-state index is 0. The van der Waals surface area contributed by atoms with Crippen molar-refractivity contribution in [1.29, 1.82) is 0 Å². The molecule has 0 saturated heterocycles. The Hall–Kier alpha value is -1.62. The number of carbonyl (C=O) groups excluding carboxylic acids is 1. The van der Waals surface area contributed by atoms with Gasteiger partial charge in [-0.1, -0.05) is 0 Å². The Morgan fingerprint density at radius 2 is 1.12 bits per heavy atom. The first-order valence-corrected chi connectivity index (χ1v) is 21.0. The summed E-state index contributed by atoms with van der Waals surface area (Å²) >= 11 is -2.21. The first-order chi connectivity index (χ1) is 18.8. The number of amides is 1. The molecule has 6 heteroatoms. The van der Waals surface area contributed by atoms with Crippen LogP contribution in [0.3, 0.4) is 0 Å². The van der Waals surface area contributed by atoms with Crippen LogP contribution in [0.5, 0.6) is 0 Å². The molecule has 3 aromatic carbocycles. The van der Waals surface area contributed by atoms with E-state index >= 15 is 0 Å². The molecule has 2 aliphatic carbocycles. The zero-order chi connectivity index (χ0) is 26.0. The summed E-state index contributed by atoms with van der Waals surface area (Å²) in [6.45, 7) is -1.65. The number of benzene rings is 3. The minimum atomic E-state index is -2.21. The molecule has 0 spiro atoms. The first-order valence-electron chi connectivity index (χ1n) is 14.9. The number of carbonyl (C=O) groups is 1. The number of nitrogens with one attached hydrogen (secondary N) is 1. The number of hydrogen-bond donors (Lipinski definition) is 1. The van der Waals surface area contributed by atoms with Gasteiger partial charge in [0.15, 0.2) is 0 Å². The molecular formula is C34H42Cl2NOSiTi.